The second-order valence-corrected chi connectivity index (χ2v) is 8.28. The number of amides is 2. The Morgan fingerprint density at radius 1 is 1.16 bits per heavy atom. The van der Waals surface area contributed by atoms with E-state index in [9.17, 15) is 14.4 Å². The van der Waals surface area contributed by atoms with Crippen molar-refractivity contribution in [2.75, 3.05) is 19.0 Å². The number of piperidine rings is 1. The smallest absolute Gasteiger partial charge is 0.328 e. The Morgan fingerprint density at radius 3 is 2.53 bits per heavy atom. The van der Waals surface area contributed by atoms with Crippen LogP contribution in [0.5, 0.6) is 0 Å². The van der Waals surface area contributed by atoms with Crippen molar-refractivity contribution in [3.63, 3.8) is 0 Å². The number of nitrogens with one attached hydrogen (secondary N) is 3. The third kappa shape index (κ3) is 6.08. The van der Waals surface area contributed by atoms with Gasteiger partial charge in [-0.2, -0.15) is 0 Å². The van der Waals surface area contributed by atoms with E-state index in [1.807, 2.05) is 12.1 Å². The fourth-order valence-corrected chi connectivity index (χ4v) is 4.06. The quantitative estimate of drug-likeness (QED) is 0.554. The Labute approximate surface area is 192 Å². The summed E-state index contributed by atoms with van der Waals surface area (Å²) in [6.07, 6.45) is 3.19. The van der Waals surface area contributed by atoms with Gasteiger partial charge in [0.1, 0.15) is 6.04 Å². The number of ether oxygens (including phenoxy) is 1. The lowest BCUT2D eigenvalue weighted by Crippen LogP contribution is -2.43. The van der Waals surface area contributed by atoms with Gasteiger partial charge in [-0.1, -0.05) is 42.3 Å². The van der Waals surface area contributed by atoms with E-state index in [1.165, 1.54) is 7.11 Å². The minimum Gasteiger partial charge on any atom is -0.467 e. The lowest BCUT2D eigenvalue weighted by Gasteiger charge is -2.22. The first-order valence-corrected chi connectivity index (χ1v) is 11.0. The molecule has 1 fully saturated rings. The summed E-state index contributed by atoms with van der Waals surface area (Å²) in [6, 6.07) is 11.3. The molecule has 1 saturated heterocycles. The van der Waals surface area contributed by atoms with Gasteiger partial charge in [0, 0.05) is 12.1 Å². The van der Waals surface area contributed by atoms with Crippen molar-refractivity contribution in [2.24, 2.45) is 0 Å². The molecule has 1 aliphatic heterocycles. The van der Waals surface area contributed by atoms with Crippen LogP contribution in [0.4, 0.5) is 5.69 Å². The first-order valence-electron chi connectivity index (χ1n) is 10.7. The van der Waals surface area contributed by atoms with Gasteiger partial charge < -0.3 is 20.7 Å². The number of rotatable bonds is 7. The number of anilines is 1. The van der Waals surface area contributed by atoms with Gasteiger partial charge in [0.05, 0.1) is 23.7 Å². The Morgan fingerprint density at radius 2 is 1.91 bits per heavy atom. The highest BCUT2D eigenvalue weighted by Gasteiger charge is 2.25. The Balaban J connectivity index is 1.66. The number of hydrogen-bond donors (Lipinski definition) is 3. The third-order valence-corrected chi connectivity index (χ3v) is 5.84. The summed E-state index contributed by atoms with van der Waals surface area (Å²) >= 11 is 6.18. The molecule has 2 amide bonds. The highest BCUT2D eigenvalue weighted by atomic mass is 35.5. The van der Waals surface area contributed by atoms with Crippen LogP contribution < -0.4 is 16.0 Å². The van der Waals surface area contributed by atoms with Gasteiger partial charge in [-0.25, -0.2) is 4.79 Å². The van der Waals surface area contributed by atoms with Crippen molar-refractivity contribution in [3.8, 4) is 0 Å². The molecular weight excluding hydrogens is 430 g/mol. The fourth-order valence-electron chi connectivity index (χ4n) is 3.75. The third-order valence-electron chi connectivity index (χ3n) is 5.53. The predicted octanol–water partition coefficient (Wildman–Crippen LogP) is 3.24. The molecule has 0 radical (unpaired) electrons. The van der Waals surface area contributed by atoms with Crippen LogP contribution in [0.2, 0.25) is 5.02 Å². The molecule has 0 aromatic heterocycles. The van der Waals surface area contributed by atoms with Gasteiger partial charge >= 0.3 is 5.97 Å². The molecule has 1 heterocycles. The van der Waals surface area contributed by atoms with Gasteiger partial charge in [0.2, 0.25) is 5.91 Å². The fraction of sp³-hybridized carbons (Fsp3) is 0.375. The van der Waals surface area contributed by atoms with E-state index >= 15 is 0 Å². The van der Waals surface area contributed by atoms with E-state index in [-0.39, 0.29) is 18.4 Å². The van der Waals surface area contributed by atoms with Crippen molar-refractivity contribution in [1.29, 1.82) is 0 Å². The summed E-state index contributed by atoms with van der Waals surface area (Å²) in [6.45, 7) is 2.63. The zero-order valence-corrected chi connectivity index (χ0v) is 19.0. The summed E-state index contributed by atoms with van der Waals surface area (Å²) in [5.41, 5.74) is 2.53. The molecule has 3 rings (SSSR count). The van der Waals surface area contributed by atoms with E-state index in [1.54, 1.807) is 37.3 Å². The molecule has 0 aliphatic carbocycles. The molecule has 0 spiro atoms. The first kappa shape index (κ1) is 23.8. The van der Waals surface area contributed by atoms with Crippen molar-refractivity contribution in [2.45, 2.75) is 44.7 Å². The average Bonchev–Trinajstić information content (AvgIpc) is 2.79. The van der Waals surface area contributed by atoms with E-state index in [2.05, 4.69) is 16.0 Å². The molecule has 3 N–H and O–H groups in total. The zero-order chi connectivity index (χ0) is 23.1. The number of esters is 1. The second-order valence-electron chi connectivity index (χ2n) is 7.87. The van der Waals surface area contributed by atoms with Crippen molar-refractivity contribution >= 4 is 35.1 Å². The molecule has 2 aromatic rings. The molecule has 8 heteroatoms. The minimum absolute atomic E-state index is 0.0488. The topological polar surface area (TPSA) is 96.5 Å². The normalized spacial score (nSPS) is 16.7. The highest BCUT2D eigenvalue weighted by Crippen LogP contribution is 2.20. The molecule has 2 atom stereocenters. The largest absolute Gasteiger partial charge is 0.467 e. The number of aryl methyl sites for hydroxylation is 1. The maximum atomic E-state index is 12.8. The van der Waals surface area contributed by atoms with Gasteiger partial charge in [0.15, 0.2) is 0 Å². The predicted molar refractivity (Wildman–Crippen MR) is 124 cm³/mol. The number of carbonyl (C=O) groups is 3. The van der Waals surface area contributed by atoms with Crippen molar-refractivity contribution in [1.82, 2.24) is 10.6 Å². The van der Waals surface area contributed by atoms with Gasteiger partial charge in [0.25, 0.3) is 5.91 Å². The van der Waals surface area contributed by atoms with Crippen LogP contribution in [-0.4, -0.2) is 43.5 Å². The number of benzene rings is 2. The Kier molecular flexibility index (Phi) is 8.25. The Bertz CT molecular complexity index is 951. The van der Waals surface area contributed by atoms with Crippen LogP contribution in [0, 0.1) is 6.92 Å². The lowest BCUT2D eigenvalue weighted by atomic mass is 10.0. The summed E-state index contributed by atoms with van der Waals surface area (Å²) in [5, 5.41) is 9.18. The molecule has 0 saturated carbocycles. The van der Waals surface area contributed by atoms with Gasteiger partial charge in [-0.05, 0) is 55.6 Å². The summed E-state index contributed by atoms with van der Waals surface area (Å²) in [5.74, 6) is -1.04. The van der Waals surface area contributed by atoms with E-state index < -0.39 is 17.9 Å². The average molecular weight is 458 g/mol. The second kappa shape index (κ2) is 11.1. The monoisotopic (exact) mass is 457 g/mol. The van der Waals surface area contributed by atoms with Crippen LogP contribution in [0.15, 0.2) is 42.5 Å². The molecule has 0 bridgehead atoms. The number of carbonyl (C=O) groups excluding carboxylic acids is 3. The maximum Gasteiger partial charge on any atom is 0.328 e. The number of hydrogen-bond acceptors (Lipinski definition) is 5. The van der Waals surface area contributed by atoms with Crippen LogP contribution in [-0.2, 0) is 20.7 Å². The minimum atomic E-state index is -0.880. The van der Waals surface area contributed by atoms with Crippen LogP contribution >= 0.6 is 11.6 Å². The molecule has 32 heavy (non-hydrogen) atoms. The maximum absolute atomic E-state index is 12.8. The van der Waals surface area contributed by atoms with E-state index in [0.29, 0.717) is 21.8 Å². The standard InChI is InChI=1S/C24H28ClN3O4/c1-15-6-5-7-18(25)21(15)23(30)28-20(24(31)32-2)14-16-9-11-17(12-10-16)27-22(29)19-8-3-4-13-26-19/h5-7,9-12,19-20,26H,3-4,8,13-14H2,1-2H3,(H,27,29)(H,28,30)/t19-,20-/m0/s1. The SMILES string of the molecule is COC(=O)[C@H](Cc1ccc(NC(=O)[C@@H]2CCCCN2)cc1)NC(=O)c1c(C)cccc1Cl. The summed E-state index contributed by atoms with van der Waals surface area (Å²) in [7, 11) is 1.28. The van der Waals surface area contributed by atoms with Crippen LogP contribution in [0.3, 0.4) is 0 Å². The molecular formula is C24H28ClN3O4. The zero-order valence-electron chi connectivity index (χ0n) is 18.2. The highest BCUT2D eigenvalue weighted by molar-refractivity contribution is 6.34. The Hall–Kier alpha value is -2.90. The summed E-state index contributed by atoms with van der Waals surface area (Å²) < 4.78 is 4.87. The number of halogens is 1. The lowest BCUT2D eigenvalue weighted by molar-refractivity contribution is -0.142. The first-order chi connectivity index (χ1) is 15.4. The van der Waals surface area contributed by atoms with Crippen LogP contribution in [0.1, 0.15) is 40.7 Å². The molecule has 1 aliphatic rings. The van der Waals surface area contributed by atoms with Crippen LogP contribution in [0.25, 0.3) is 0 Å². The molecule has 170 valence electrons. The molecule has 0 unspecified atom stereocenters. The van der Waals surface area contributed by atoms with E-state index in [4.69, 9.17) is 16.3 Å². The molecule has 2 aromatic carbocycles. The van der Waals surface area contributed by atoms with Gasteiger partial charge in [-0.3, -0.25) is 9.59 Å². The van der Waals surface area contributed by atoms with Gasteiger partial charge in [-0.15, -0.1) is 0 Å². The van der Waals surface area contributed by atoms with Crippen molar-refractivity contribution in [3.05, 3.63) is 64.2 Å². The summed E-state index contributed by atoms with van der Waals surface area (Å²) in [4.78, 5) is 37.5. The van der Waals surface area contributed by atoms with Crippen molar-refractivity contribution < 1.29 is 19.1 Å². The van der Waals surface area contributed by atoms with E-state index in [0.717, 1.165) is 31.4 Å². The number of methoxy groups -OCH3 is 1. The molecule has 7 nitrogen and oxygen atoms in total.